The Balaban J connectivity index is 1.57. The Morgan fingerprint density at radius 2 is 1.67 bits per heavy atom. The molecule has 0 atom stereocenters. The molecule has 4 amide bonds. The number of aromatic nitrogens is 2. The predicted molar refractivity (Wildman–Crippen MR) is 182 cm³/mol. The van der Waals surface area contributed by atoms with E-state index in [0.717, 1.165) is 5.56 Å². The van der Waals surface area contributed by atoms with Gasteiger partial charge in [-0.05, 0) is 48.4 Å². The molecule has 0 fully saturated rings. The normalized spacial score (nSPS) is 12.4. The number of anilines is 6. The van der Waals surface area contributed by atoms with Crippen LogP contribution in [0, 0.1) is 6.92 Å². The Kier molecular flexibility index (Phi) is 9.93. The fourth-order valence-corrected chi connectivity index (χ4v) is 5.57. The van der Waals surface area contributed by atoms with Crippen LogP contribution in [0.3, 0.4) is 0 Å². The molecule has 3 aromatic carbocycles. The standard InChI is InChI=1S/C33H33Cl2N7O4/c1-5-26(43)37-22-11-9-10-20(15-22)17-42-31-21(18-41(33(42)45)30-28(34)19(3)14-25(46-4)29(30)35)16-36-32(40-31)39-24-13-8-7-12-23(24)38-27(44)6-2/h7-16H,5-6,17-18H2,1-4H3,(H,37,43)(H,38,44)(H,36,39,40). The predicted octanol–water partition coefficient (Wildman–Crippen LogP) is 7.69. The number of fused-ring (bicyclic) bond motifs is 1. The third-order valence-corrected chi connectivity index (χ3v) is 8.19. The van der Waals surface area contributed by atoms with Gasteiger partial charge in [0.15, 0.2) is 0 Å². The lowest BCUT2D eigenvalue weighted by Gasteiger charge is -2.37. The van der Waals surface area contributed by atoms with Crippen molar-refractivity contribution in [2.75, 3.05) is 32.9 Å². The molecule has 3 N–H and O–H groups in total. The topological polar surface area (TPSA) is 129 Å². The number of carbonyl (C=O) groups excluding carboxylic acids is 3. The van der Waals surface area contributed by atoms with Gasteiger partial charge in [0.1, 0.15) is 16.6 Å². The maximum Gasteiger partial charge on any atom is 0.330 e. The molecule has 0 saturated heterocycles. The number of urea groups is 1. The fraction of sp³-hybridized carbons (Fsp3) is 0.242. The van der Waals surface area contributed by atoms with Gasteiger partial charge < -0.3 is 20.7 Å². The molecule has 1 aliphatic rings. The fourth-order valence-electron chi connectivity index (χ4n) is 4.94. The molecule has 0 radical (unpaired) electrons. The van der Waals surface area contributed by atoms with Crippen LogP contribution in [0.25, 0.3) is 0 Å². The smallest absolute Gasteiger partial charge is 0.330 e. The van der Waals surface area contributed by atoms with E-state index in [9.17, 15) is 14.4 Å². The number of hydrogen-bond acceptors (Lipinski definition) is 7. The van der Waals surface area contributed by atoms with Crippen LogP contribution in [-0.4, -0.2) is 34.9 Å². The van der Waals surface area contributed by atoms with Crippen molar-refractivity contribution in [2.24, 2.45) is 0 Å². The molecule has 4 aromatic rings. The number of ether oxygens (including phenoxy) is 1. The van der Waals surface area contributed by atoms with Crippen molar-refractivity contribution in [1.82, 2.24) is 9.97 Å². The molecular weight excluding hydrogens is 629 g/mol. The first-order valence-corrected chi connectivity index (χ1v) is 15.4. The average Bonchev–Trinajstić information content (AvgIpc) is 3.05. The molecule has 0 aliphatic carbocycles. The largest absolute Gasteiger partial charge is 0.495 e. The van der Waals surface area contributed by atoms with Crippen molar-refractivity contribution < 1.29 is 19.1 Å². The molecule has 0 unspecified atom stereocenters. The highest BCUT2D eigenvalue weighted by Crippen LogP contribution is 2.45. The van der Waals surface area contributed by atoms with E-state index in [1.54, 1.807) is 50.4 Å². The van der Waals surface area contributed by atoms with Gasteiger partial charge in [0.05, 0.1) is 42.3 Å². The summed E-state index contributed by atoms with van der Waals surface area (Å²) in [6, 6.07) is 15.8. The lowest BCUT2D eigenvalue weighted by atomic mass is 10.1. The van der Waals surface area contributed by atoms with E-state index >= 15 is 0 Å². The number of methoxy groups -OCH3 is 1. The van der Waals surface area contributed by atoms with Crippen molar-refractivity contribution in [2.45, 2.75) is 46.7 Å². The first-order valence-electron chi connectivity index (χ1n) is 14.7. The highest BCUT2D eigenvalue weighted by Gasteiger charge is 2.36. The summed E-state index contributed by atoms with van der Waals surface area (Å²) < 4.78 is 5.47. The summed E-state index contributed by atoms with van der Waals surface area (Å²) in [6.07, 6.45) is 2.29. The summed E-state index contributed by atoms with van der Waals surface area (Å²) in [7, 11) is 1.50. The first-order chi connectivity index (χ1) is 22.1. The zero-order valence-corrected chi connectivity index (χ0v) is 27.3. The Morgan fingerprint density at radius 3 is 2.39 bits per heavy atom. The van der Waals surface area contributed by atoms with Gasteiger partial charge in [0, 0.05) is 30.3 Å². The number of nitrogens with zero attached hydrogens (tertiary/aromatic N) is 4. The van der Waals surface area contributed by atoms with E-state index in [-0.39, 0.29) is 35.9 Å². The summed E-state index contributed by atoms with van der Waals surface area (Å²) in [4.78, 5) is 50.9. The van der Waals surface area contributed by atoms with Gasteiger partial charge in [-0.2, -0.15) is 4.98 Å². The van der Waals surface area contributed by atoms with Crippen LogP contribution >= 0.6 is 23.2 Å². The monoisotopic (exact) mass is 661 g/mol. The van der Waals surface area contributed by atoms with Gasteiger partial charge in [-0.3, -0.25) is 19.4 Å². The number of halogens is 2. The van der Waals surface area contributed by atoms with Crippen LogP contribution in [0.15, 0.2) is 60.8 Å². The van der Waals surface area contributed by atoms with Crippen LogP contribution in [0.1, 0.15) is 43.4 Å². The Bertz CT molecular complexity index is 1820. The van der Waals surface area contributed by atoms with E-state index in [1.807, 2.05) is 31.2 Å². The van der Waals surface area contributed by atoms with Gasteiger partial charge in [-0.25, -0.2) is 9.78 Å². The molecule has 238 valence electrons. The summed E-state index contributed by atoms with van der Waals surface area (Å²) >= 11 is 13.5. The molecule has 46 heavy (non-hydrogen) atoms. The second-order valence-electron chi connectivity index (χ2n) is 10.5. The summed E-state index contributed by atoms with van der Waals surface area (Å²) in [6.45, 7) is 5.55. The number of para-hydroxylation sites is 2. The summed E-state index contributed by atoms with van der Waals surface area (Å²) in [5.41, 5.74) is 4.15. The van der Waals surface area contributed by atoms with Crippen LogP contribution < -0.4 is 30.5 Å². The molecule has 0 saturated carbocycles. The second kappa shape index (κ2) is 14.1. The summed E-state index contributed by atoms with van der Waals surface area (Å²) in [5.74, 6) is 0.719. The lowest BCUT2D eigenvalue weighted by molar-refractivity contribution is -0.116. The van der Waals surface area contributed by atoms with Crippen LogP contribution in [0.5, 0.6) is 5.75 Å². The Morgan fingerprint density at radius 1 is 0.957 bits per heavy atom. The van der Waals surface area contributed by atoms with E-state index in [4.69, 9.17) is 32.9 Å². The van der Waals surface area contributed by atoms with Gasteiger partial charge >= 0.3 is 6.03 Å². The molecule has 5 rings (SSSR count). The number of aryl methyl sites for hydroxylation is 1. The van der Waals surface area contributed by atoms with Crippen LogP contribution in [0.2, 0.25) is 10.0 Å². The number of benzene rings is 3. The Labute approximate surface area is 276 Å². The number of amides is 4. The average molecular weight is 663 g/mol. The van der Waals surface area contributed by atoms with Gasteiger partial charge in [0.25, 0.3) is 0 Å². The SMILES string of the molecule is CCC(=O)Nc1cccc(CN2C(=O)N(c3c(Cl)c(C)cc(OC)c3Cl)Cc3cnc(Nc4ccccc4NC(=O)CC)nc32)c1. The van der Waals surface area contributed by atoms with Gasteiger partial charge in [-0.1, -0.05) is 61.3 Å². The minimum Gasteiger partial charge on any atom is -0.495 e. The van der Waals surface area contributed by atoms with E-state index < -0.39 is 6.03 Å². The van der Waals surface area contributed by atoms with Crippen LogP contribution in [-0.2, 0) is 22.7 Å². The summed E-state index contributed by atoms with van der Waals surface area (Å²) in [5, 5.41) is 9.42. The maximum atomic E-state index is 14.4. The highest BCUT2D eigenvalue weighted by molar-refractivity contribution is 6.41. The zero-order valence-electron chi connectivity index (χ0n) is 25.8. The molecule has 1 aliphatic heterocycles. The quantitative estimate of drug-likeness (QED) is 0.159. The molecule has 2 heterocycles. The first kappa shape index (κ1) is 32.5. The highest BCUT2D eigenvalue weighted by atomic mass is 35.5. The van der Waals surface area contributed by atoms with Crippen molar-refractivity contribution in [1.29, 1.82) is 0 Å². The van der Waals surface area contributed by atoms with Gasteiger partial charge in [0.2, 0.25) is 17.8 Å². The molecule has 0 spiro atoms. The third kappa shape index (κ3) is 6.85. The minimum atomic E-state index is -0.424. The van der Waals surface area contributed by atoms with E-state index in [0.29, 0.717) is 63.3 Å². The van der Waals surface area contributed by atoms with Crippen molar-refractivity contribution >= 4 is 75.6 Å². The van der Waals surface area contributed by atoms with E-state index in [1.165, 1.54) is 16.9 Å². The second-order valence-corrected chi connectivity index (χ2v) is 11.3. The molecule has 13 heteroatoms. The number of rotatable bonds is 10. The zero-order chi connectivity index (χ0) is 33.0. The Hall–Kier alpha value is -4.87. The van der Waals surface area contributed by atoms with Crippen LogP contribution in [0.4, 0.5) is 39.3 Å². The molecular formula is C33H33Cl2N7O4. The third-order valence-electron chi connectivity index (χ3n) is 7.34. The molecule has 0 bridgehead atoms. The van der Waals surface area contributed by atoms with Crippen molar-refractivity contribution in [3.05, 3.63) is 87.5 Å². The van der Waals surface area contributed by atoms with Crippen molar-refractivity contribution in [3.63, 3.8) is 0 Å². The van der Waals surface area contributed by atoms with Gasteiger partial charge in [-0.15, -0.1) is 0 Å². The maximum absolute atomic E-state index is 14.4. The number of nitrogens with one attached hydrogen (secondary N) is 3. The number of hydrogen-bond donors (Lipinski definition) is 3. The number of carbonyl (C=O) groups is 3. The molecule has 11 nitrogen and oxygen atoms in total. The van der Waals surface area contributed by atoms with E-state index in [2.05, 4.69) is 20.9 Å². The lowest BCUT2D eigenvalue weighted by Crippen LogP contribution is -2.48. The minimum absolute atomic E-state index is 0.0900. The van der Waals surface area contributed by atoms with Crippen molar-refractivity contribution in [3.8, 4) is 5.75 Å². The molecule has 1 aromatic heterocycles.